The van der Waals surface area contributed by atoms with Crippen LogP contribution in [0.3, 0.4) is 0 Å². The van der Waals surface area contributed by atoms with Gasteiger partial charge in [-0.1, -0.05) is 19.1 Å². The zero-order valence-corrected chi connectivity index (χ0v) is 10.3. The number of hydrogen-bond donors (Lipinski definition) is 2. The molecule has 1 aliphatic carbocycles. The zero-order valence-electron chi connectivity index (χ0n) is 10.3. The van der Waals surface area contributed by atoms with Crippen molar-refractivity contribution in [3.05, 3.63) is 35.1 Å². The van der Waals surface area contributed by atoms with E-state index in [1.165, 1.54) is 6.07 Å². The van der Waals surface area contributed by atoms with Gasteiger partial charge in [0, 0.05) is 12.1 Å². The van der Waals surface area contributed by atoms with Gasteiger partial charge in [-0.25, -0.2) is 4.39 Å². The van der Waals surface area contributed by atoms with Crippen LogP contribution in [0.15, 0.2) is 18.2 Å². The van der Waals surface area contributed by atoms with Crippen LogP contribution in [0.2, 0.25) is 0 Å². The van der Waals surface area contributed by atoms with Crippen molar-refractivity contribution in [1.82, 2.24) is 5.32 Å². The molecule has 17 heavy (non-hydrogen) atoms. The third-order valence-electron chi connectivity index (χ3n) is 3.69. The summed E-state index contributed by atoms with van der Waals surface area (Å²) in [6.45, 7) is 3.14. The van der Waals surface area contributed by atoms with E-state index < -0.39 is 0 Å². The van der Waals surface area contributed by atoms with E-state index in [-0.39, 0.29) is 18.0 Å². The van der Waals surface area contributed by atoms with E-state index in [0.717, 1.165) is 36.9 Å². The standard InChI is InChI=1S/C14H20FNO/c1-2-9-16-14(8-10-17)7-6-11-12(14)4-3-5-13(11)15/h3-5,16-17H,2,6-10H2,1H3. The van der Waals surface area contributed by atoms with E-state index >= 15 is 0 Å². The summed E-state index contributed by atoms with van der Waals surface area (Å²) in [5.41, 5.74) is 1.65. The Morgan fingerprint density at radius 3 is 3.00 bits per heavy atom. The van der Waals surface area contributed by atoms with Gasteiger partial charge in [0.1, 0.15) is 5.82 Å². The Labute approximate surface area is 102 Å². The Morgan fingerprint density at radius 1 is 1.47 bits per heavy atom. The second kappa shape index (κ2) is 5.15. The molecular weight excluding hydrogens is 217 g/mol. The summed E-state index contributed by atoms with van der Waals surface area (Å²) in [6.07, 6.45) is 3.34. The minimum absolute atomic E-state index is 0.111. The summed E-state index contributed by atoms with van der Waals surface area (Å²) in [6, 6.07) is 5.27. The van der Waals surface area contributed by atoms with Crippen LogP contribution in [0.4, 0.5) is 4.39 Å². The number of halogens is 1. The van der Waals surface area contributed by atoms with Gasteiger partial charge in [-0.3, -0.25) is 0 Å². The Hall–Kier alpha value is -0.930. The van der Waals surface area contributed by atoms with Crippen LogP contribution in [-0.2, 0) is 12.0 Å². The fraction of sp³-hybridized carbons (Fsp3) is 0.571. The van der Waals surface area contributed by atoms with Crippen molar-refractivity contribution >= 4 is 0 Å². The minimum Gasteiger partial charge on any atom is -0.396 e. The molecular formula is C14H20FNO. The molecule has 1 unspecified atom stereocenters. The molecule has 2 rings (SSSR count). The van der Waals surface area contributed by atoms with Crippen molar-refractivity contribution in [1.29, 1.82) is 0 Å². The SMILES string of the molecule is CCCNC1(CCO)CCc2c(F)cccc21. The van der Waals surface area contributed by atoms with Crippen LogP contribution in [0.1, 0.15) is 37.3 Å². The smallest absolute Gasteiger partial charge is 0.126 e. The van der Waals surface area contributed by atoms with Crippen LogP contribution >= 0.6 is 0 Å². The fourth-order valence-corrected chi connectivity index (χ4v) is 2.82. The molecule has 0 amide bonds. The Kier molecular flexibility index (Phi) is 3.79. The van der Waals surface area contributed by atoms with Crippen LogP contribution in [0.5, 0.6) is 0 Å². The highest BCUT2D eigenvalue weighted by Crippen LogP contribution is 2.40. The molecule has 0 bridgehead atoms. The molecule has 2 nitrogen and oxygen atoms in total. The van der Waals surface area contributed by atoms with Crippen molar-refractivity contribution in [2.45, 2.75) is 38.1 Å². The summed E-state index contributed by atoms with van der Waals surface area (Å²) in [4.78, 5) is 0. The molecule has 1 aromatic carbocycles. The average Bonchev–Trinajstić information content (AvgIpc) is 2.69. The second-order valence-electron chi connectivity index (χ2n) is 4.75. The van der Waals surface area contributed by atoms with E-state index in [1.807, 2.05) is 6.07 Å². The number of benzene rings is 1. The molecule has 0 saturated heterocycles. The highest BCUT2D eigenvalue weighted by Gasteiger charge is 2.38. The lowest BCUT2D eigenvalue weighted by Crippen LogP contribution is -2.41. The average molecular weight is 237 g/mol. The maximum atomic E-state index is 13.7. The lowest BCUT2D eigenvalue weighted by atomic mass is 9.88. The summed E-state index contributed by atoms with van der Waals surface area (Å²) in [7, 11) is 0. The lowest BCUT2D eigenvalue weighted by molar-refractivity contribution is 0.208. The van der Waals surface area contributed by atoms with Gasteiger partial charge in [0.2, 0.25) is 0 Å². The lowest BCUT2D eigenvalue weighted by Gasteiger charge is -2.31. The zero-order chi connectivity index (χ0) is 12.3. The van der Waals surface area contributed by atoms with Gasteiger partial charge in [-0.2, -0.15) is 0 Å². The molecule has 1 aliphatic rings. The quantitative estimate of drug-likeness (QED) is 0.824. The van der Waals surface area contributed by atoms with Gasteiger partial charge in [0.15, 0.2) is 0 Å². The molecule has 3 heteroatoms. The highest BCUT2D eigenvalue weighted by atomic mass is 19.1. The van der Waals surface area contributed by atoms with E-state index in [0.29, 0.717) is 6.42 Å². The van der Waals surface area contributed by atoms with Crippen molar-refractivity contribution in [2.24, 2.45) is 0 Å². The maximum absolute atomic E-state index is 13.7. The molecule has 0 heterocycles. The van der Waals surface area contributed by atoms with E-state index in [9.17, 15) is 9.50 Å². The molecule has 0 fully saturated rings. The first-order valence-electron chi connectivity index (χ1n) is 6.37. The minimum atomic E-state index is -0.220. The van der Waals surface area contributed by atoms with Gasteiger partial charge < -0.3 is 10.4 Å². The van der Waals surface area contributed by atoms with E-state index in [4.69, 9.17) is 0 Å². The van der Waals surface area contributed by atoms with Gasteiger partial charge in [0.05, 0.1) is 0 Å². The topological polar surface area (TPSA) is 32.3 Å². The normalized spacial score (nSPS) is 22.8. The monoisotopic (exact) mass is 237 g/mol. The number of rotatable bonds is 5. The molecule has 2 N–H and O–H groups in total. The van der Waals surface area contributed by atoms with Crippen molar-refractivity contribution in [2.75, 3.05) is 13.2 Å². The molecule has 1 aromatic rings. The predicted molar refractivity (Wildman–Crippen MR) is 66.4 cm³/mol. The molecule has 1 atom stereocenters. The van der Waals surface area contributed by atoms with Gasteiger partial charge in [0.25, 0.3) is 0 Å². The third-order valence-corrected chi connectivity index (χ3v) is 3.69. The first-order chi connectivity index (χ1) is 8.23. The number of hydrogen-bond acceptors (Lipinski definition) is 2. The van der Waals surface area contributed by atoms with Crippen LogP contribution in [0.25, 0.3) is 0 Å². The Morgan fingerprint density at radius 2 is 2.29 bits per heavy atom. The summed E-state index contributed by atoms with van der Waals surface area (Å²) < 4.78 is 13.7. The third kappa shape index (κ3) is 2.22. The molecule has 94 valence electrons. The van der Waals surface area contributed by atoms with Crippen LogP contribution in [-0.4, -0.2) is 18.3 Å². The molecule has 0 spiro atoms. The van der Waals surface area contributed by atoms with Crippen LogP contribution < -0.4 is 5.32 Å². The number of aliphatic hydroxyl groups excluding tert-OH is 1. The molecule has 0 aliphatic heterocycles. The van der Waals surface area contributed by atoms with Crippen molar-refractivity contribution in [3.63, 3.8) is 0 Å². The second-order valence-corrected chi connectivity index (χ2v) is 4.75. The summed E-state index contributed by atoms with van der Waals surface area (Å²) >= 11 is 0. The highest BCUT2D eigenvalue weighted by molar-refractivity contribution is 5.39. The Balaban J connectivity index is 2.34. The van der Waals surface area contributed by atoms with E-state index in [2.05, 4.69) is 12.2 Å². The van der Waals surface area contributed by atoms with Crippen molar-refractivity contribution in [3.8, 4) is 0 Å². The largest absolute Gasteiger partial charge is 0.396 e. The number of fused-ring (bicyclic) bond motifs is 1. The maximum Gasteiger partial charge on any atom is 0.126 e. The summed E-state index contributed by atoms with van der Waals surface area (Å²) in [5.74, 6) is -0.111. The number of nitrogens with one attached hydrogen (secondary N) is 1. The molecule has 0 aromatic heterocycles. The Bertz CT molecular complexity index is 394. The van der Waals surface area contributed by atoms with Gasteiger partial charge in [-0.15, -0.1) is 0 Å². The predicted octanol–water partition coefficient (Wildman–Crippen LogP) is 2.35. The fourth-order valence-electron chi connectivity index (χ4n) is 2.82. The molecule has 0 radical (unpaired) electrons. The number of aliphatic hydroxyl groups is 1. The van der Waals surface area contributed by atoms with Crippen molar-refractivity contribution < 1.29 is 9.50 Å². The summed E-state index contributed by atoms with van der Waals surface area (Å²) in [5, 5.41) is 12.8. The first-order valence-corrected chi connectivity index (χ1v) is 6.37. The van der Waals surface area contributed by atoms with Crippen LogP contribution in [0, 0.1) is 5.82 Å². The first kappa shape index (κ1) is 12.5. The van der Waals surface area contributed by atoms with E-state index in [1.54, 1.807) is 6.07 Å². The van der Waals surface area contributed by atoms with Gasteiger partial charge >= 0.3 is 0 Å². The van der Waals surface area contributed by atoms with Gasteiger partial charge in [-0.05, 0) is 49.4 Å². The molecule has 0 saturated carbocycles.